The van der Waals surface area contributed by atoms with Gasteiger partial charge in [-0.05, 0) is 60.9 Å². The third-order valence-electron chi connectivity index (χ3n) is 5.88. The fraction of sp³-hybridized carbons (Fsp3) is 0.391. The number of hydrogen-bond donors (Lipinski definition) is 0. The van der Waals surface area contributed by atoms with Crippen molar-refractivity contribution in [2.75, 3.05) is 6.61 Å². The van der Waals surface area contributed by atoms with Gasteiger partial charge in [0, 0.05) is 5.56 Å². The van der Waals surface area contributed by atoms with Crippen molar-refractivity contribution in [3.05, 3.63) is 58.7 Å². The van der Waals surface area contributed by atoms with Gasteiger partial charge in [-0.2, -0.15) is 17.6 Å². The van der Waals surface area contributed by atoms with E-state index in [-0.39, 0.29) is 12.2 Å². The van der Waals surface area contributed by atoms with E-state index in [9.17, 15) is 13.2 Å². The molecular weight excluding hydrogens is 406 g/mol. The van der Waals surface area contributed by atoms with Crippen LogP contribution in [0.25, 0.3) is 16.7 Å². The van der Waals surface area contributed by atoms with Gasteiger partial charge in [0.15, 0.2) is 11.6 Å². The van der Waals surface area contributed by atoms with Gasteiger partial charge in [0.25, 0.3) is 0 Å². The van der Waals surface area contributed by atoms with E-state index in [0.717, 1.165) is 18.6 Å². The van der Waals surface area contributed by atoms with Crippen molar-refractivity contribution in [2.45, 2.75) is 45.0 Å². The van der Waals surface area contributed by atoms with Gasteiger partial charge in [-0.1, -0.05) is 25.1 Å². The molecule has 0 radical (unpaired) electrons. The van der Waals surface area contributed by atoms with Crippen LogP contribution in [0, 0.1) is 17.6 Å². The molecule has 1 unspecified atom stereocenters. The lowest BCUT2D eigenvalue weighted by molar-refractivity contribution is -0.227. The van der Waals surface area contributed by atoms with Gasteiger partial charge in [-0.3, -0.25) is 0 Å². The summed E-state index contributed by atoms with van der Waals surface area (Å²) in [4.78, 5) is 0. The molecule has 2 aliphatic carbocycles. The molecule has 0 saturated carbocycles. The summed E-state index contributed by atoms with van der Waals surface area (Å²) in [7, 11) is 0. The summed E-state index contributed by atoms with van der Waals surface area (Å²) < 4.78 is 94.8. The maximum Gasteiger partial charge on any atom is 0.343 e. The third kappa shape index (κ3) is 2.85. The fourth-order valence-electron chi connectivity index (χ4n) is 4.23. The maximum absolute atomic E-state index is 15.3. The number of rotatable bonds is 3. The minimum absolute atomic E-state index is 0.0278. The highest BCUT2D eigenvalue weighted by Crippen LogP contribution is 2.60. The zero-order valence-electron chi connectivity index (χ0n) is 16.5. The smallest absolute Gasteiger partial charge is 0.343 e. The minimum atomic E-state index is -4.94. The Kier molecular flexibility index (Phi) is 4.90. The molecule has 2 aromatic rings. The van der Waals surface area contributed by atoms with Crippen LogP contribution in [0.15, 0.2) is 30.3 Å². The van der Waals surface area contributed by atoms with E-state index in [1.807, 2.05) is 6.92 Å². The van der Waals surface area contributed by atoms with Crippen molar-refractivity contribution in [1.29, 1.82) is 0 Å². The fourth-order valence-corrected chi connectivity index (χ4v) is 4.23. The molecule has 1 atom stereocenters. The van der Waals surface area contributed by atoms with Gasteiger partial charge >= 0.3 is 11.8 Å². The van der Waals surface area contributed by atoms with E-state index in [1.165, 1.54) is 19.1 Å². The topological polar surface area (TPSA) is 9.23 Å². The lowest BCUT2D eigenvalue weighted by Crippen LogP contribution is -2.41. The van der Waals surface area contributed by atoms with Gasteiger partial charge in [-0.25, -0.2) is 8.78 Å². The number of alkyl halides is 4. The Labute approximate surface area is 170 Å². The average Bonchev–Trinajstić information content (AvgIpc) is 2.68. The van der Waals surface area contributed by atoms with E-state index in [0.29, 0.717) is 24.3 Å². The van der Waals surface area contributed by atoms with E-state index in [4.69, 9.17) is 4.74 Å². The molecule has 0 aliphatic heterocycles. The quantitative estimate of drug-likeness (QED) is 0.464. The SMILES string of the molecule is CCOc1ccc2c(c1F)C(F)(F)C(F)(F)c1c-2ccc(C2=CCC(C)CC2)c1F. The number of fused-ring (bicyclic) bond motifs is 3. The number of allylic oxidation sites excluding steroid dienone is 2. The van der Waals surface area contributed by atoms with Crippen molar-refractivity contribution in [3.8, 4) is 16.9 Å². The molecule has 0 amide bonds. The van der Waals surface area contributed by atoms with Crippen LogP contribution in [0.1, 0.15) is 49.8 Å². The highest BCUT2D eigenvalue weighted by Gasteiger charge is 2.65. The lowest BCUT2D eigenvalue weighted by Gasteiger charge is -2.36. The molecular formula is C23H20F6O. The van der Waals surface area contributed by atoms with Gasteiger partial charge in [-0.15, -0.1) is 0 Å². The molecule has 2 aromatic carbocycles. The Bertz CT molecular complexity index is 1040. The van der Waals surface area contributed by atoms with Crippen LogP contribution in [0.4, 0.5) is 26.3 Å². The molecule has 0 aromatic heterocycles. The van der Waals surface area contributed by atoms with E-state index in [1.54, 1.807) is 6.08 Å². The van der Waals surface area contributed by atoms with Crippen molar-refractivity contribution in [2.24, 2.45) is 5.92 Å². The molecule has 0 heterocycles. The van der Waals surface area contributed by atoms with Crippen LogP contribution in [-0.4, -0.2) is 6.61 Å². The molecule has 0 saturated heterocycles. The Morgan fingerprint density at radius 3 is 2.03 bits per heavy atom. The Morgan fingerprint density at radius 2 is 1.47 bits per heavy atom. The number of hydrogen-bond acceptors (Lipinski definition) is 1. The maximum atomic E-state index is 15.3. The molecule has 0 N–H and O–H groups in total. The van der Waals surface area contributed by atoms with E-state index >= 15 is 13.2 Å². The molecule has 160 valence electrons. The molecule has 1 nitrogen and oxygen atoms in total. The van der Waals surface area contributed by atoms with Crippen molar-refractivity contribution in [3.63, 3.8) is 0 Å². The van der Waals surface area contributed by atoms with E-state index < -0.39 is 51.5 Å². The Balaban J connectivity index is 1.98. The minimum Gasteiger partial charge on any atom is -0.491 e. The third-order valence-corrected chi connectivity index (χ3v) is 5.88. The van der Waals surface area contributed by atoms with Crippen LogP contribution in [0.2, 0.25) is 0 Å². The Hall–Kier alpha value is -2.44. The van der Waals surface area contributed by atoms with Crippen LogP contribution in [0.5, 0.6) is 5.75 Å². The van der Waals surface area contributed by atoms with Crippen LogP contribution in [-0.2, 0) is 11.8 Å². The van der Waals surface area contributed by atoms with Crippen LogP contribution in [0.3, 0.4) is 0 Å². The number of ether oxygens (including phenoxy) is 1. The summed E-state index contributed by atoms with van der Waals surface area (Å²) in [5.41, 5.74) is -3.33. The standard InChI is InChI=1S/C23H20F6O/c1-3-30-17-11-10-16-15-9-8-14(13-6-4-12(2)5-7-13)20(24)18(15)22(26,27)23(28,29)19(16)21(17)25/h6,8-12H,3-5,7H2,1-2H3. The Morgan fingerprint density at radius 1 is 0.900 bits per heavy atom. The number of halogens is 6. The van der Waals surface area contributed by atoms with Gasteiger partial charge in [0.2, 0.25) is 0 Å². The molecule has 2 aliphatic rings. The highest BCUT2D eigenvalue weighted by atomic mass is 19.3. The van der Waals surface area contributed by atoms with Crippen molar-refractivity contribution >= 4 is 5.57 Å². The van der Waals surface area contributed by atoms with Gasteiger partial charge in [0.05, 0.1) is 17.7 Å². The summed E-state index contributed by atoms with van der Waals surface area (Å²) >= 11 is 0. The number of benzene rings is 2. The summed E-state index contributed by atoms with van der Waals surface area (Å²) in [5, 5.41) is 0. The first-order valence-corrected chi connectivity index (χ1v) is 9.85. The summed E-state index contributed by atoms with van der Waals surface area (Å²) in [5.74, 6) is -13.0. The molecule has 4 rings (SSSR count). The monoisotopic (exact) mass is 426 g/mol. The first-order chi connectivity index (χ1) is 14.1. The predicted molar refractivity (Wildman–Crippen MR) is 102 cm³/mol. The zero-order chi connectivity index (χ0) is 21.8. The van der Waals surface area contributed by atoms with Gasteiger partial charge in [0.1, 0.15) is 5.82 Å². The second kappa shape index (κ2) is 7.06. The second-order valence-electron chi connectivity index (χ2n) is 7.84. The first-order valence-electron chi connectivity index (χ1n) is 9.85. The summed E-state index contributed by atoms with van der Waals surface area (Å²) in [6.07, 6.45) is 3.65. The average molecular weight is 426 g/mol. The molecule has 30 heavy (non-hydrogen) atoms. The van der Waals surface area contributed by atoms with Gasteiger partial charge < -0.3 is 4.74 Å². The summed E-state index contributed by atoms with van der Waals surface area (Å²) in [6.45, 7) is 3.51. The van der Waals surface area contributed by atoms with Crippen LogP contribution < -0.4 is 4.74 Å². The lowest BCUT2D eigenvalue weighted by atomic mass is 9.77. The predicted octanol–water partition coefficient (Wildman–Crippen LogP) is 7.43. The largest absolute Gasteiger partial charge is 0.491 e. The normalized spacial score (nSPS) is 21.5. The van der Waals surface area contributed by atoms with Crippen molar-refractivity contribution < 1.29 is 31.1 Å². The zero-order valence-corrected chi connectivity index (χ0v) is 16.5. The van der Waals surface area contributed by atoms with Crippen molar-refractivity contribution in [1.82, 2.24) is 0 Å². The molecule has 0 fully saturated rings. The second-order valence-corrected chi connectivity index (χ2v) is 7.84. The first kappa shape index (κ1) is 20.8. The van der Waals surface area contributed by atoms with Crippen LogP contribution >= 0.6 is 0 Å². The highest BCUT2D eigenvalue weighted by molar-refractivity contribution is 5.80. The molecule has 0 bridgehead atoms. The van der Waals surface area contributed by atoms with E-state index in [2.05, 4.69) is 0 Å². The molecule has 7 heteroatoms. The summed E-state index contributed by atoms with van der Waals surface area (Å²) in [6, 6.07) is 4.66. The molecule has 0 spiro atoms.